The Labute approximate surface area is 129 Å². The van der Waals surface area contributed by atoms with E-state index in [0.29, 0.717) is 5.46 Å². The van der Waals surface area contributed by atoms with E-state index >= 15 is 0 Å². The first kappa shape index (κ1) is 13.3. The van der Waals surface area contributed by atoms with Crippen molar-refractivity contribution in [3.63, 3.8) is 0 Å². The van der Waals surface area contributed by atoms with Gasteiger partial charge in [0.2, 0.25) is 0 Å². The van der Waals surface area contributed by atoms with Gasteiger partial charge in [0, 0.05) is 5.92 Å². The second-order valence-corrected chi connectivity index (χ2v) is 5.65. The van der Waals surface area contributed by atoms with Crippen molar-refractivity contribution in [1.29, 1.82) is 0 Å². The van der Waals surface area contributed by atoms with Gasteiger partial charge in [-0.2, -0.15) is 0 Å². The highest BCUT2D eigenvalue weighted by molar-refractivity contribution is 6.58. The third kappa shape index (κ3) is 1.98. The molecule has 2 nitrogen and oxygen atoms in total. The lowest BCUT2D eigenvalue weighted by molar-refractivity contribution is 0.426. The van der Waals surface area contributed by atoms with Gasteiger partial charge < -0.3 is 10.0 Å². The second-order valence-electron chi connectivity index (χ2n) is 5.65. The Hall–Kier alpha value is -2.36. The third-order valence-corrected chi connectivity index (χ3v) is 4.38. The predicted octanol–water partition coefficient (Wildman–Crippen LogP) is 2.53. The van der Waals surface area contributed by atoms with Crippen LogP contribution in [-0.2, 0) is 0 Å². The fourth-order valence-electron chi connectivity index (χ4n) is 3.39. The Morgan fingerprint density at radius 1 is 0.682 bits per heavy atom. The molecule has 0 fully saturated rings. The highest BCUT2D eigenvalue weighted by Gasteiger charge is 2.30. The average molecular weight is 286 g/mol. The van der Waals surface area contributed by atoms with Gasteiger partial charge in [-0.1, -0.05) is 72.8 Å². The standard InChI is InChI=1S/C19H15BO2/c21-20(22)14-10-11-17-18(12-14)15-8-4-5-9-16(15)19(17)13-6-2-1-3-7-13/h1-12,19,21-22H. The molecule has 22 heavy (non-hydrogen) atoms. The van der Waals surface area contributed by atoms with Gasteiger partial charge in [-0.05, 0) is 33.3 Å². The van der Waals surface area contributed by atoms with Crippen molar-refractivity contribution in [2.45, 2.75) is 5.92 Å². The van der Waals surface area contributed by atoms with E-state index in [0.717, 1.165) is 5.56 Å². The summed E-state index contributed by atoms with van der Waals surface area (Å²) in [4.78, 5) is 0. The first-order valence-electron chi connectivity index (χ1n) is 7.40. The Balaban J connectivity index is 1.96. The second kappa shape index (κ2) is 5.13. The smallest absolute Gasteiger partial charge is 0.423 e. The lowest BCUT2D eigenvalue weighted by Gasteiger charge is -2.14. The molecule has 1 aliphatic carbocycles. The van der Waals surface area contributed by atoms with Crippen LogP contribution < -0.4 is 5.46 Å². The van der Waals surface area contributed by atoms with E-state index < -0.39 is 7.12 Å². The van der Waals surface area contributed by atoms with Gasteiger partial charge in [0.1, 0.15) is 0 Å². The fraction of sp³-hybridized carbons (Fsp3) is 0.0526. The molecule has 0 aliphatic heterocycles. The molecular formula is C19H15BO2. The molecule has 4 rings (SSSR count). The molecule has 3 aromatic rings. The molecule has 2 N–H and O–H groups in total. The Kier molecular flexibility index (Phi) is 3.10. The van der Waals surface area contributed by atoms with Crippen LogP contribution in [0, 0.1) is 0 Å². The number of hydrogen-bond donors (Lipinski definition) is 2. The molecule has 0 saturated carbocycles. The number of benzene rings is 3. The number of hydrogen-bond acceptors (Lipinski definition) is 2. The maximum atomic E-state index is 9.44. The van der Waals surface area contributed by atoms with E-state index in [1.54, 1.807) is 6.07 Å². The first-order chi connectivity index (χ1) is 10.8. The van der Waals surface area contributed by atoms with Crippen molar-refractivity contribution < 1.29 is 10.0 Å². The molecule has 0 heterocycles. The molecular weight excluding hydrogens is 271 g/mol. The first-order valence-corrected chi connectivity index (χ1v) is 7.40. The lowest BCUT2D eigenvalue weighted by Crippen LogP contribution is -2.29. The molecule has 0 radical (unpaired) electrons. The maximum Gasteiger partial charge on any atom is 0.488 e. The molecule has 106 valence electrons. The minimum atomic E-state index is -1.44. The van der Waals surface area contributed by atoms with E-state index in [1.165, 1.54) is 22.3 Å². The summed E-state index contributed by atoms with van der Waals surface area (Å²) in [5.74, 6) is 0.206. The van der Waals surface area contributed by atoms with E-state index in [9.17, 15) is 10.0 Å². The molecule has 0 aromatic heterocycles. The van der Waals surface area contributed by atoms with Crippen molar-refractivity contribution in [2.24, 2.45) is 0 Å². The van der Waals surface area contributed by atoms with E-state index in [2.05, 4.69) is 42.5 Å². The summed E-state index contributed by atoms with van der Waals surface area (Å²) in [6.07, 6.45) is 0. The average Bonchev–Trinajstić information content (AvgIpc) is 2.89. The quantitative estimate of drug-likeness (QED) is 0.556. The van der Waals surface area contributed by atoms with Crippen LogP contribution in [0.4, 0.5) is 0 Å². The van der Waals surface area contributed by atoms with Gasteiger partial charge in [0.25, 0.3) is 0 Å². The maximum absolute atomic E-state index is 9.44. The summed E-state index contributed by atoms with van der Waals surface area (Å²) in [7, 11) is -1.44. The van der Waals surface area contributed by atoms with Crippen molar-refractivity contribution in [1.82, 2.24) is 0 Å². The van der Waals surface area contributed by atoms with Gasteiger partial charge in [-0.15, -0.1) is 0 Å². The summed E-state index contributed by atoms with van der Waals surface area (Å²) in [5.41, 5.74) is 6.54. The van der Waals surface area contributed by atoms with Crippen molar-refractivity contribution in [3.05, 3.63) is 89.5 Å². The topological polar surface area (TPSA) is 40.5 Å². The Bertz CT molecular complexity index is 828. The summed E-state index contributed by atoms with van der Waals surface area (Å²) in [6, 6.07) is 24.5. The Morgan fingerprint density at radius 3 is 2.14 bits per heavy atom. The predicted molar refractivity (Wildman–Crippen MR) is 89.1 cm³/mol. The minimum Gasteiger partial charge on any atom is -0.423 e. The van der Waals surface area contributed by atoms with Gasteiger partial charge in [0.05, 0.1) is 0 Å². The zero-order valence-corrected chi connectivity index (χ0v) is 12.0. The summed E-state index contributed by atoms with van der Waals surface area (Å²) >= 11 is 0. The van der Waals surface area contributed by atoms with Crippen LogP contribution in [0.2, 0.25) is 0 Å². The summed E-state index contributed by atoms with van der Waals surface area (Å²) in [6.45, 7) is 0. The summed E-state index contributed by atoms with van der Waals surface area (Å²) < 4.78 is 0. The Morgan fingerprint density at radius 2 is 1.36 bits per heavy atom. The molecule has 0 bridgehead atoms. The molecule has 3 heteroatoms. The third-order valence-electron chi connectivity index (χ3n) is 4.38. The highest BCUT2D eigenvalue weighted by Crippen LogP contribution is 2.47. The largest absolute Gasteiger partial charge is 0.488 e. The van der Waals surface area contributed by atoms with Gasteiger partial charge in [0.15, 0.2) is 0 Å². The number of rotatable bonds is 2. The van der Waals surface area contributed by atoms with Crippen LogP contribution in [-0.4, -0.2) is 17.2 Å². The van der Waals surface area contributed by atoms with Crippen LogP contribution in [0.1, 0.15) is 22.6 Å². The SMILES string of the molecule is OB(O)c1ccc2c(c1)-c1ccccc1C2c1ccccc1. The molecule has 3 aromatic carbocycles. The molecule has 0 spiro atoms. The zero-order valence-electron chi connectivity index (χ0n) is 12.0. The van der Waals surface area contributed by atoms with Crippen molar-refractivity contribution in [3.8, 4) is 11.1 Å². The molecule has 1 atom stereocenters. The van der Waals surface area contributed by atoms with Gasteiger partial charge in [-0.25, -0.2) is 0 Å². The normalized spacial score (nSPS) is 15.3. The van der Waals surface area contributed by atoms with Crippen LogP contribution in [0.3, 0.4) is 0 Å². The number of fused-ring (bicyclic) bond motifs is 3. The van der Waals surface area contributed by atoms with Crippen LogP contribution >= 0.6 is 0 Å². The molecule has 1 aliphatic rings. The van der Waals surface area contributed by atoms with Crippen molar-refractivity contribution in [2.75, 3.05) is 0 Å². The van der Waals surface area contributed by atoms with Gasteiger partial charge >= 0.3 is 7.12 Å². The van der Waals surface area contributed by atoms with Gasteiger partial charge in [-0.3, -0.25) is 0 Å². The van der Waals surface area contributed by atoms with Crippen LogP contribution in [0.5, 0.6) is 0 Å². The highest BCUT2D eigenvalue weighted by atomic mass is 16.4. The van der Waals surface area contributed by atoms with E-state index in [1.807, 2.05) is 24.3 Å². The minimum absolute atomic E-state index is 0.206. The van der Waals surface area contributed by atoms with E-state index in [4.69, 9.17) is 0 Å². The molecule has 0 amide bonds. The van der Waals surface area contributed by atoms with Crippen LogP contribution in [0.15, 0.2) is 72.8 Å². The molecule has 1 unspecified atom stereocenters. The van der Waals surface area contributed by atoms with Crippen molar-refractivity contribution >= 4 is 12.6 Å². The zero-order chi connectivity index (χ0) is 15.1. The van der Waals surface area contributed by atoms with E-state index in [-0.39, 0.29) is 5.92 Å². The molecule has 0 saturated heterocycles. The summed E-state index contributed by atoms with van der Waals surface area (Å²) in [5, 5.41) is 18.9. The lowest BCUT2D eigenvalue weighted by atomic mass is 9.78. The van der Waals surface area contributed by atoms with Crippen LogP contribution in [0.25, 0.3) is 11.1 Å². The monoisotopic (exact) mass is 286 g/mol. The fourth-order valence-corrected chi connectivity index (χ4v) is 3.39.